The molecule has 0 saturated heterocycles. The topological polar surface area (TPSA) is 15.3 Å². The molecule has 0 bridgehead atoms. The number of benzene rings is 2. The highest BCUT2D eigenvalue weighted by Gasteiger charge is 2.28. The Balaban J connectivity index is 1.95. The van der Waals surface area contributed by atoms with Crippen molar-refractivity contribution in [2.75, 3.05) is 20.6 Å². The molecule has 0 aliphatic heterocycles. The highest BCUT2D eigenvalue weighted by Crippen LogP contribution is 2.43. The van der Waals surface area contributed by atoms with Crippen LogP contribution in [-0.4, -0.2) is 31.6 Å². The quantitative estimate of drug-likeness (QED) is 0.913. The lowest BCUT2D eigenvalue weighted by molar-refractivity contribution is 0.340. The number of nitrogens with zero attached hydrogens (tertiary/aromatic N) is 1. The minimum Gasteiger partial charge on any atom is -0.308 e. The average Bonchev–Trinajstić information content (AvgIpc) is 2.73. The lowest BCUT2D eigenvalue weighted by atomic mass is 10.0. The van der Waals surface area contributed by atoms with Gasteiger partial charge in [-0.05, 0) is 43.3 Å². The van der Waals surface area contributed by atoms with E-state index in [0.717, 1.165) is 6.54 Å². The van der Waals surface area contributed by atoms with Crippen LogP contribution < -0.4 is 5.32 Å². The van der Waals surface area contributed by atoms with Gasteiger partial charge in [-0.25, -0.2) is 0 Å². The van der Waals surface area contributed by atoms with E-state index in [1.54, 1.807) is 0 Å². The maximum atomic E-state index is 3.78. The molecule has 1 N–H and O–H groups in total. The van der Waals surface area contributed by atoms with Gasteiger partial charge in [0.05, 0.1) is 6.04 Å². The molecule has 2 aromatic carbocycles. The minimum absolute atomic E-state index is 0.317. The van der Waals surface area contributed by atoms with Crippen LogP contribution in [0.2, 0.25) is 0 Å². The first kappa shape index (κ1) is 13.3. The van der Waals surface area contributed by atoms with Crippen LogP contribution >= 0.6 is 0 Å². The lowest BCUT2D eigenvalue weighted by Gasteiger charge is -2.24. The summed E-state index contributed by atoms with van der Waals surface area (Å²) in [7, 11) is 4.24. The van der Waals surface area contributed by atoms with Crippen LogP contribution in [0.4, 0.5) is 0 Å². The zero-order valence-electron chi connectivity index (χ0n) is 12.4. The van der Waals surface area contributed by atoms with Gasteiger partial charge in [0.1, 0.15) is 0 Å². The van der Waals surface area contributed by atoms with Gasteiger partial charge in [-0.15, -0.1) is 0 Å². The van der Waals surface area contributed by atoms with Crippen LogP contribution in [0.15, 0.2) is 48.5 Å². The maximum Gasteiger partial charge on any atom is 0.0591 e. The van der Waals surface area contributed by atoms with E-state index < -0.39 is 0 Å². The molecule has 0 heterocycles. The third-order valence-corrected chi connectivity index (χ3v) is 3.92. The summed E-state index contributed by atoms with van der Waals surface area (Å²) >= 11 is 0. The first-order valence-corrected chi connectivity index (χ1v) is 7.26. The van der Waals surface area contributed by atoms with Gasteiger partial charge in [0.2, 0.25) is 0 Å². The van der Waals surface area contributed by atoms with Gasteiger partial charge >= 0.3 is 0 Å². The molecule has 2 aromatic rings. The van der Waals surface area contributed by atoms with Crippen molar-refractivity contribution < 1.29 is 0 Å². The third-order valence-electron chi connectivity index (χ3n) is 3.92. The Morgan fingerprint density at radius 2 is 1.45 bits per heavy atom. The molecule has 0 aromatic heterocycles. The molecule has 0 saturated carbocycles. The second-order valence-electron chi connectivity index (χ2n) is 5.94. The van der Waals surface area contributed by atoms with Crippen molar-refractivity contribution in [1.29, 1.82) is 0 Å². The molecule has 0 spiro atoms. The fourth-order valence-electron chi connectivity index (χ4n) is 3.22. The van der Waals surface area contributed by atoms with Crippen molar-refractivity contribution in [2.45, 2.75) is 19.0 Å². The largest absolute Gasteiger partial charge is 0.308 e. The van der Waals surface area contributed by atoms with Gasteiger partial charge in [0.25, 0.3) is 0 Å². The fraction of sp³-hybridized carbons (Fsp3) is 0.333. The zero-order chi connectivity index (χ0) is 14.1. The predicted octanol–water partition coefficient (Wildman–Crippen LogP) is 3.30. The second-order valence-corrected chi connectivity index (χ2v) is 5.94. The first-order valence-electron chi connectivity index (χ1n) is 7.26. The number of nitrogens with one attached hydrogen (secondary N) is 1. The summed E-state index contributed by atoms with van der Waals surface area (Å²) in [6, 6.07) is 18.2. The first-order chi connectivity index (χ1) is 9.66. The van der Waals surface area contributed by atoms with Crippen molar-refractivity contribution in [1.82, 2.24) is 10.2 Å². The molecule has 0 radical (unpaired) electrons. The SMILES string of the molecule is CC(CN(C)C)NC1c2ccccc2-c2ccccc21. The highest BCUT2D eigenvalue weighted by molar-refractivity contribution is 5.78. The molecule has 1 unspecified atom stereocenters. The Labute approximate surface area is 121 Å². The lowest BCUT2D eigenvalue weighted by Crippen LogP contribution is -2.37. The number of hydrogen-bond donors (Lipinski definition) is 1. The monoisotopic (exact) mass is 266 g/mol. The van der Waals surface area contributed by atoms with Crippen LogP contribution in [0.25, 0.3) is 11.1 Å². The van der Waals surface area contributed by atoms with Gasteiger partial charge in [0, 0.05) is 12.6 Å². The van der Waals surface area contributed by atoms with Crippen molar-refractivity contribution in [3.05, 3.63) is 59.7 Å². The maximum absolute atomic E-state index is 3.78. The van der Waals surface area contributed by atoms with Gasteiger partial charge in [-0.3, -0.25) is 0 Å². The van der Waals surface area contributed by atoms with E-state index in [4.69, 9.17) is 0 Å². The van der Waals surface area contributed by atoms with Crippen molar-refractivity contribution in [3.63, 3.8) is 0 Å². The van der Waals surface area contributed by atoms with Gasteiger partial charge < -0.3 is 10.2 Å². The van der Waals surface area contributed by atoms with Gasteiger partial charge in [-0.1, -0.05) is 48.5 Å². The molecule has 1 aliphatic carbocycles. The summed E-state index contributed by atoms with van der Waals surface area (Å²) < 4.78 is 0. The van der Waals surface area contributed by atoms with E-state index in [2.05, 4.69) is 79.8 Å². The molecule has 3 rings (SSSR count). The summed E-state index contributed by atoms with van der Waals surface area (Å²) in [6.45, 7) is 3.30. The summed E-state index contributed by atoms with van der Waals surface area (Å²) in [5, 5.41) is 3.78. The van der Waals surface area contributed by atoms with Crippen molar-refractivity contribution in [2.24, 2.45) is 0 Å². The molecule has 0 amide bonds. The van der Waals surface area contributed by atoms with E-state index in [9.17, 15) is 0 Å². The van der Waals surface area contributed by atoms with E-state index >= 15 is 0 Å². The zero-order valence-corrected chi connectivity index (χ0v) is 12.4. The Kier molecular flexibility index (Phi) is 3.60. The second kappa shape index (κ2) is 5.39. The van der Waals surface area contributed by atoms with E-state index in [0.29, 0.717) is 12.1 Å². The Morgan fingerprint density at radius 1 is 0.950 bits per heavy atom. The van der Waals surface area contributed by atoms with Crippen LogP contribution in [-0.2, 0) is 0 Å². The Morgan fingerprint density at radius 3 is 1.95 bits per heavy atom. The number of fused-ring (bicyclic) bond motifs is 3. The van der Waals surface area contributed by atoms with Crippen LogP contribution in [0.1, 0.15) is 24.1 Å². The Hall–Kier alpha value is -1.64. The molecule has 104 valence electrons. The third kappa shape index (κ3) is 2.37. The number of rotatable bonds is 4. The summed E-state index contributed by atoms with van der Waals surface area (Å²) in [6.07, 6.45) is 0. The number of likely N-dealkylation sites (N-methyl/N-ethyl adjacent to an activating group) is 1. The normalized spacial score (nSPS) is 15.2. The molecule has 1 aliphatic rings. The van der Waals surface area contributed by atoms with Crippen LogP contribution in [0.3, 0.4) is 0 Å². The standard InChI is InChI=1S/C18H22N2/c1-13(12-20(2)3)19-18-16-10-6-4-8-14(16)15-9-5-7-11-17(15)18/h4-11,13,18-19H,12H2,1-3H3. The predicted molar refractivity (Wildman–Crippen MR) is 84.9 cm³/mol. The molecule has 0 fully saturated rings. The van der Waals surface area contributed by atoms with Crippen molar-refractivity contribution in [3.8, 4) is 11.1 Å². The molecular weight excluding hydrogens is 244 g/mol. The average molecular weight is 266 g/mol. The molecule has 1 atom stereocenters. The summed E-state index contributed by atoms with van der Waals surface area (Å²) in [5.41, 5.74) is 5.55. The molecule has 2 nitrogen and oxygen atoms in total. The summed E-state index contributed by atoms with van der Waals surface area (Å²) in [5.74, 6) is 0. The molecule has 2 heteroatoms. The van der Waals surface area contributed by atoms with Crippen molar-refractivity contribution >= 4 is 0 Å². The van der Waals surface area contributed by atoms with E-state index in [-0.39, 0.29) is 0 Å². The van der Waals surface area contributed by atoms with E-state index in [1.165, 1.54) is 22.3 Å². The Bertz CT molecular complexity index is 558. The fourth-order valence-corrected chi connectivity index (χ4v) is 3.22. The van der Waals surface area contributed by atoms with Crippen LogP contribution in [0.5, 0.6) is 0 Å². The summed E-state index contributed by atoms with van der Waals surface area (Å²) in [4.78, 5) is 2.23. The molecule has 20 heavy (non-hydrogen) atoms. The minimum atomic E-state index is 0.317. The number of hydrogen-bond acceptors (Lipinski definition) is 2. The van der Waals surface area contributed by atoms with Gasteiger partial charge in [-0.2, -0.15) is 0 Å². The highest BCUT2D eigenvalue weighted by atomic mass is 15.1. The van der Waals surface area contributed by atoms with Gasteiger partial charge in [0.15, 0.2) is 0 Å². The van der Waals surface area contributed by atoms with E-state index in [1.807, 2.05) is 0 Å². The van der Waals surface area contributed by atoms with Crippen LogP contribution in [0, 0.1) is 0 Å². The smallest absolute Gasteiger partial charge is 0.0591 e. The molecular formula is C18H22N2.